The number of carboxylic acids is 1. The first-order valence-corrected chi connectivity index (χ1v) is 15.0. The molecule has 0 spiro atoms. The summed E-state index contributed by atoms with van der Waals surface area (Å²) in [7, 11) is 0. The zero-order valence-electron chi connectivity index (χ0n) is 23.0. The number of amides is 3. The number of nitrogens with zero attached hydrogens (tertiary/aromatic N) is 3. The number of anilines is 1. The molecular weight excluding hydrogens is 549 g/mol. The molecule has 9 heteroatoms. The number of hydrogen-bond acceptors (Lipinski definition) is 3. The van der Waals surface area contributed by atoms with Gasteiger partial charge in [0.25, 0.3) is 0 Å². The van der Waals surface area contributed by atoms with Gasteiger partial charge in [0.2, 0.25) is 5.91 Å². The van der Waals surface area contributed by atoms with Crippen molar-refractivity contribution in [1.29, 1.82) is 0 Å². The smallest absolute Gasteiger partial charge is 0.324 e. The number of carbonyl (C=O) groups excluding carboxylic acids is 2. The van der Waals surface area contributed by atoms with Crippen LogP contribution in [0.4, 0.5) is 10.5 Å². The molecule has 2 heterocycles. The Kier molecular flexibility index (Phi) is 8.62. The topological polar surface area (TPSA) is 81.2 Å². The molecular formula is C31H37Cl2N3O4. The largest absolute Gasteiger partial charge is 0.481 e. The summed E-state index contributed by atoms with van der Waals surface area (Å²) in [6.45, 7) is 3.17. The monoisotopic (exact) mass is 585 g/mol. The Labute approximate surface area is 246 Å². The standard InChI is InChI=1S/C31H37Cl2N3O4/c1-21-8-12-25(13-9-21)36-20-31(17-29(38)39,16-28(37)35-14-4-6-22-5-2-3-7-27(22)35)19-34(30(36)40)18-23-10-11-24(32)15-26(23)33/h8-13,15,22,27H,2-7,14,16-20H2,1H3,(H,38,39). The molecule has 1 aliphatic carbocycles. The molecule has 3 amide bonds. The molecule has 214 valence electrons. The molecule has 1 N–H and O–H groups in total. The molecule has 3 fully saturated rings. The third kappa shape index (κ3) is 6.26. The zero-order chi connectivity index (χ0) is 28.4. The van der Waals surface area contributed by atoms with Gasteiger partial charge in [0, 0.05) is 59.8 Å². The summed E-state index contributed by atoms with van der Waals surface area (Å²) < 4.78 is 0. The van der Waals surface area contributed by atoms with Crippen molar-refractivity contribution in [3.8, 4) is 0 Å². The van der Waals surface area contributed by atoms with Crippen molar-refractivity contribution >= 4 is 46.8 Å². The highest BCUT2D eigenvalue weighted by atomic mass is 35.5. The van der Waals surface area contributed by atoms with Gasteiger partial charge in [-0.15, -0.1) is 0 Å². The predicted molar refractivity (Wildman–Crippen MR) is 157 cm³/mol. The summed E-state index contributed by atoms with van der Waals surface area (Å²) in [5.74, 6) is -0.451. The van der Waals surface area contributed by atoms with Crippen LogP contribution in [0.5, 0.6) is 0 Å². The van der Waals surface area contributed by atoms with Crippen molar-refractivity contribution < 1.29 is 19.5 Å². The Bertz CT molecular complexity index is 1270. The Morgan fingerprint density at radius 2 is 1.70 bits per heavy atom. The number of halogens is 2. The first-order valence-electron chi connectivity index (χ1n) is 14.2. The van der Waals surface area contributed by atoms with Crippen LogP contribution >= 0.6 is 23.2 Å². The van der Waals surface area contributed by atoms with Crippen molar-refractivity contribution in [3.05, 3.63) is 63.6 Å². The molecule has 7 nitrogen and oxygen atoms in total. The maximum Gasteiger partial charge on any atom is 0.324 e. The Morgan fingerprint density at radius 1 is 0.975 bits per heavy atom. The Balaban J connectivity index is 1.49. The van der Waals surface area contributed by atoms with Gasteiger partial charge in [-0.2, -0.15) is 0 Å². The van der Waals surface area contributed by atoms with E-state index < -0.39 is 11.4 Å². The lowest BCUT2D eigenvalue weighted by molar-refractivity contribution is -0.144. The van der Waals surface area contributed by atoms with Gasteiger partial charge in [0.1, 0.15) is 0 Å². The first kappa shape index (κ1) is 28.7. The second-order valence-electron chi connectivity index (χ2n) is 11.9. The minimum absolute atomic E-state index is 0.000491. The molecule has 2 saturated heterocycles. The third-order valence-electron chi connectivity index (χ3n) is 8.86. The van der Waals surface area contributed by atoms with E-state index in [0.717, 1.165) is 37.7 Å². The number of aliphatic carboxylic acids is 1. The fraction of sp³-hybridized carbons (Fsp3) is 0.516. The highest BCUT2D eigenvalue weighted by Crippen LogP contribution is 2.41. The summed E-state index contributed by atoms with van der Waals surface area (Å²) in [5, 5.41) is 11.0. The van der Waals surface area contributed by atoms with Crippen LogP contribution < -0.4 is 4.90 Å². The number of benzene rings is 2. The van der Waals surface area contributed by atoms with E-state index in [1.54, 1.807) is 28.0 Å². The molecule has 40 heavy (non-hydrogen) atoms. The maximum absolute atomic E-state index is 14.0. The molecule has 0 radical (unpaired) electrons. The van der Waals surface area contributed by atoms with Gasteiger partial charge in [0.15, 0.2) is 0 Å². The highest BCUT2D eigenvalue weighted by Gasteiger charge is 2.48. The lowest BCUT2D eigenvalue weighted by Gasteiger charge is -2.49. The van der Waals surface area contributed by atoms with Gasteiger partial charge in [0.05, 0.1) is 6.42 Å². The maximum atomic E-state index is 14.0. The lowest BCUT2D eigenvalue weighted by atomic mass is 9.75. The molecule has 3 aliphatic rings. The number of urea groups is 1. The first-order chi connectivity index (χ1) is 19.1. The van der Waals surface area contributed by atoms with E-state index in [4.69, 9.17) is 23.2 Å². The quantitative estimate of drug-likeness (QED) is 0.388. The average Bonchev–Trinajstić information content (AvgIpc) is 2.92. The van der Waals surface area contributed by atoms with Crippen LogP contribution in [0, 0.1) is 18.3 Å². The van der Waals surface area contributed by atoms with Gasteiger partial charge in [-0.1, -0.05) is 59.8 Å². The van der Waals surface area contributed by atoms with Crippen LogP contribution in [0.25, 0.3) is 0 Å². The van der Waals surface area contributed by atoms with Gasteiger partial charge in [-0.25, -0.2) is 4.79 Å². The van der Waals surface area contributed by atoms with Crippen LogP contribution in [0.15, 0.2) is 42.5 Å². The second-order valence-corrected chi connectivity index (χ2v) is 12.7. The molecule has 2 aliphatic heterocycles. The predicted octanol–water partition coefficient (Wildman–Crippen LogP) is 6.78. The van der Waals surface area contributed by atoms with E-state index in [2.05, 4.69) is 0 Å². The molecule has 2 aromatic carbocycles. The van der Waals surface area contributed by atoms with Crippen LogP contribution in [0.1, 0.15) is 62.5 Å². The van der Waals surface area contributed by atoms with Crippen molar-refractivity contribution in [2.24, 2.45) is 11.3 Å². The van der Waals surface area contributed by atoms with Crippen LogP contribution in [0.2, 0.25) is 10.0 Å². The molecule has 5 rings (SSSR count). The summed E-state index contributed by atoms with van der Waals surface area (Å²) in [6, 6.07) is 12.7. The number of carbonyl (C=O) groups is 3. The third-order valence-corrected chi connectivity index (χ3v) is 9.45. The van der Waals surface area contributed by atoms with Gasteiger partial charge >= 0.3 is 12.0 Å². The van der Waals surface area contributed by atoms with Crippen molar-refractivity contribution in [2.75, 3.05) is 24.5 Å². The average molecular weight is 587 g/mol. The number of likely N-dealkylation sites (tertiary alicyclic amines) is 1. The van der Waals surface area contributed by atoms with Crippen molar-refractivity contribution in [2.45, 2.75) is 70.9 Å². The van der Waals surface area contributed by atoms with E-state index in [9.17, 15) is 19.5 Å². The summed E-state index contributed by atoms with van der Waals surface area (Å²) in [4.78, 5) is 45.5. The molecule has 3 unspecified atom stereocenters. The normalized spacial score (nSPS) is 25.1. The second kappa shape index (κ2) is 12.0. The Hall–Kier alpha value is -2.77. The van der Waals surface area contributed by atoms with E-state index in [0.29, 0.717) is 33.8 Å². The number of piperidine rings is 1. The molecule has 0 aromatic heterocycles. The van der Waals surface area contributed by atoms with E-state index in [1.165, 1.54) is 6.42 Å². The van der Waals surface area contributed by atoms with Crippen LogP contribution in [-0.4, -0.2) is 58.5 Å². The number of hydrogen-bond donors (Lipinski definition) is 1. The van der Waals surface area contributed by atoms with Gasteiger partial charge in [-0.3, -0.25) is 14.5 Å². The number of rotatable bonds is 7. The van der Waals surface area contributed by atoms with Crippen LogP contribution in [-0.2, 0) is 16.1 Å². The van der Waals surface area contributed by atoms with Crippen molar-refractivity contribution in [3.63, 3.8) is 0 Å². The minimum Gasteiger partial charge on any atom is -0.481 e. The van der Waals surface area contributed by atoms with E-state index >= 15 is 0 Å². The SMILES string of the molecule is Cc1ccc(N2CC(CC(=O)O)(CC(=O)N3CCCC4CCCCC43)CN(Cc3ccc(Cl)cc3Cl)C2=O)cc1. The van der Waals surface area contributed by atoms with E-state index in [1.807, 2.05) is 36.1 Å². The fourth-order valence-corrected chi connectivity index (χ4v) is 7.43. The lowest BCUT2D eigenvalue weighted by Crippen LogP contribution is -2.61. The minimum atomic E-state index is -0.982. The van der Waals surface area contributed by atoms with Gasteiger partial charge in [-0.05, 0) is 68.4 Å². The van der Waals surface area contributed by atoms with Crippen molar-refractivity contribution in [1.82, 2.24) is 9.80 Å². The Morgan fingerprint density at radius 3 is 2.42 bits per heavy atom. The zero-order valence-corrected chi connectivity index (χ0v) is 24.5. The number of carboxylic acid groups (broad SMARTS) is 1. The molecule has 1 saturated carbocycles. The number of aryl methyl sites for hydroxylation is 1. The summed E-state index contributed by atoms with van der Waals surface area (Å²) in [6.07, 6.45) is 6.48. The van der Waals surface area contributed by atoms with Crippen LogP contribution in [0.3, 0.4) is 0 Å². The summed E-state index contributed by atoms with van der Waals surface area (Å²) in [5.41, 5.74) is 1.47. The summed E-state index contributed by atoms with van der Waals surface area (Å²) >= 11 is 12.6. The molecule has 2 aromatic rings. The molecule has 3 atom stereocenters. The number of fused-ring (bicyclic) bond motifs is 1. The van der Waals surface area contributed by atoms with Gasteiger partial charge < -0.3 is 14.9 Å². The van der Waals surface area contributed by atoms with E-state index in [-0.39, 0.29) is 50.5 Å². The highest BCUT2D eigenvalue weighted by molar-refractivity contribution is 6.35. The molecule has 0 bridgehead atoms. The fourth-order valence-electron chi connectivity index (χ4n) is 6.97.